The van der Waals surface area contributed by atoms with Crippen LogP contribution in [0.3, 0.4) is 0 Å². The molecular weight excluding hydrogens is 340 g/mol. The predicted molar refractivity (Wildman–Crippen MR) is 96.8 cm³/mol. The number of allylic oxidation sites excluding steroid dienone is 2. The van der Waals surface area contributed by atoms with Crippen LogP contribution in [0.15, 0.2) is 35.0 Å². The smallest absolute Gasteiger partial charge is 0.157 e. The normalized spacial score (nSPS) is 16.4. The Hall–Kier alpha value is -2.61. The number of aromatic nitrogens is 3. The standard InChI is InChI=1S/C18H21F2N5O/c1-21-9-12(19)7-13(20)18(22-2)14-10-23-16-8-15(26-3)17(24-25(14)16)11-5-4-6-11/h7-8,10-11,21H,2,4-6,9H2,1,3H3/b12-7+,18-13+. The van der Waals surface area contributed by atoms with Crippen molar-refractivity contribution in [2.75, 3.05) is 20.7 Å². The molecule has 138 valence electrons. The van der Waals surface area contributed by atoms with Crippen molar-refractivity contribution in [3.05, 3.63) is 41.4 Å². The summed E-state index contributed by atoms with van der Waals surface area (Å²) in [4.78, 5) is 7.98. The average molecular weight is 361 g/mol. The number of likely N-dealkylation sites (N-methyl/N-ethyl adjacent to an activating group) is 1. The van der Waals surface area contributed by atoms with Crippen LogP contribution in [0.2, 0.25) is 0 Å². The third kappa shape index (κ3) is 3.37. The number of ether oxygens (including phenoxy) is 1. The molecular formula is C18H21F2N5O. The summed E-state index contributed by atoms with van der Waals surface area (Å²) < 4.78 is 35.1. The maximum Gasteiger partial charge on any atom is 0.157 e. The summed E-state index contributed by atoms with van der Waals surface area (Å²) in [5.74, 6) is -0.509. The van der Waals surface area contributed by atoms with Crippen molar-refractivity contribution in [1.29, 1.82) is 0 Å². The van der Waals surface area contributed by atoms with Crippen molar-refractivity contribution in [2.45, 2.75) is 25.2 Å². The van der Waals surface area contributed by atoms with Crippen molar-refractivity contribution in [3.63, 3.8) is 0 Å². The Labute approximate surface area is 150 Å². The van der Waals surface area contributed by atoms with Gasteiger partial charge in [-0.2, -0.15) is 5.10 Å². The number of halogens is 2. The van der Waals surface area contributed by atoms with E-state index >= 15 is 0 Å². The van der Waals surface area contributed by atoms with Crippen LogP contribution in [0, 0.1) is 0 Å². The first-order chi connectivity index (χ1) is 12.6. The molecule has 3 rings (SSSR count). The number of hydrogen-bond acceptors (Lipinski definition) is 5. The second kappa shape index (κ2) is 7.74. The van der Waals surface area contributed by atoms with Crippen molar-refractivity contribution in [3.8, 4) is 5.75 Å². The van der Waals surface area contributed by atoms with Gasteiger partial charge in [0.1, 0.15) is 28.7 Å². The SMILES string of the molecule is C=N/C(=C(F)\C=C(\F)CNC)c1cnc2cc(OC)c(C3CCC3)nn12. The molecule has 0 unspecified atom stereocenters. The molecule has 6 nitrogen and oxygen atoms in total. The third-order valence-electron chi connectivity index (χ3n) is 4.45. The number of nitrogens with one attached hydrogen (secondary N) is 1. The van der Waals surface area contributed by atoms with Gasteiger partial charge in [0, 0.05) is 24.6 Å². The highest BCUT2D eigenvalue weighted by Gasteiger charge is 2.26. The summed E-state index contributed by atoms with van der Waals surface area (Å²) in [5, 5.41) is 7.23. The fraction of sp³-hybridized carbons (Fsp3) is 0.389. The molecule has 1 aliphatic carbocycles. The third-order valence-corrected chi connectivity index (χ3v) is 4.45. The molecule has 0 atom stereocenters. The summed E-state index contributed by atoms with van der Waals surface area (Å²) in [6, 6.07) is 1.76. The van der Waals surface area contributed by atoms with Gasteiger partial charge in [-0.1, -0.05) is 6.42 Å². The number of aliphatic imine (C=N–C) groups is 1. The van der Waals surface area contributed by atoms with E-state index < -0.39 is 11.7 Å². The molecule has 0 saturated heterocycles. The van der Waals surface area contributed by atoms with Gasteiger partial charge in [-0.3, -0.25) is 4.99 Å². The Morgan fingerprint density at radius 3 is 2.85 bits per heavy atom. The van der Waals surface area contributed by atoms with Crippen LogP contribution >= 0.6 is 0 Å². The first-order valence-corrected chi connectivity index (χ1v) is 8.39. The number of rotatable bonds is 7. The lowest BCUT2D eigenvalue weighted by molar-refractivity contribution is 0.361. The van der Waals surface area contributed by atoms with E-state index in [1.165, 1.54) is 10.7 Å². The van der Waals surface area contributed by atoms with Gasteiger partial charge in [-0.25, -0.2) is 18.3 Å². The second-order valence-electron chi connectivity index (χ2n) is 6.12. The maximum atomic E-state index is 14.5. The van der Waals surface area contributed by atoms with Crippen molar-refractivity contribution in [1.82, 2.24) is 19.9 Å². The molecule has 8 heteroatoms. The quantitative estimate of drug-likeness (QED) is 0.606. The minimum Gasteiger partial charge on any atom is -0.495 e. The van der Waals surface area contributed by atoms with Crippen LogP contribution in [0.5, 0.6) is 5.75 Å². The van der Waals surface area contributed by atoms with Gasteiger partial charge < -0.3 is 10.1 Å². The lowest BCUT2D eigenvalue weighted by Crippen LogP contribution is -2.14. The van der Waals surface area contributed by atoms with E-state index in [0.29, 0.717) is 23.0 Å². The second-order valence-corrected chi connectivity index (χ2v) is 6.12. The summed E-state index contributed by atoms with van der Waals surface area (Å²) in [6.07, 6.45) is 5.45. The fourth-order valence-electron chi connectivity index (χ4n) is 2.91. The molecule has 0 radical (unpaired) electrons. The molecule has 0 spiro atoms. The maximum absolute atomic E-state index is 14.5. The zero-order chi connectivity index (χ0) is 18.7. The molecule has 0 aromatic carbocycles. The van der Waals surface area contributed by atoms with E-state index in [-0.39, 0.29) is 12.2 Å². The van der Waals surface area contributed by atoms with Gasteiger partial charge in [0.2, 0.25) is 0 Å². The van der Waals surface area contributed by atoms with E-state index in [2.05, 4.69) is 27.1 Å². The van der Waals surface area contributed by atoms with Gasteiger partial charge in [0.15, 0.2) is 11.5 Å². The van der Waals surface area contributed by atoms with Crippen molar-refractivity contribution < 1.29 is 13.5 Å². The van der Waals surface area contributed by atoms with Gasteiger partial charge in [-0.15, -0.1) is 0 Å². The Balaban J connectivity index is 2.11. The van der Waals surface area contributed by atoms with Crippen LogP contribution < -0.4 is 10.1 Å². The van der Waals surface area contributed by atoms with Crippen LogP contribution in [0.4, 0.5) is 8.78 Å². The molecule has 1 aliphatic rings. The number of methoxy groups -OCH3 is 1. The highest BCUT2D eigenvalue weighted by molar-refractivity contribution is 5.71. The first kappa shape index (κ1) is 18.2. The molecule has 0 aliphatic heterocycles. The van der Waals surface area contributed by atoms with Gasteiger partial charge >= 0.3 is 0 Å². The molecule has 2 aromatic heterocycles. The summed E-state index contributed by atoms with van der Waals surface area (Å²) in [7, 11) is 3.16. The molecule has 1 N–H and O–H groups in total. The zero-order valence-electron chi connectivity index (χ0n) is 14.8. The topological polar surface area (TPSA) is 63.8 Å². The Kier molecular flexibility index (Phi) is 5.41. The van der Waals surface area contributed by atoms with Gasteiger partial charge in [0.05, 0.1) is 13.3 Å². The Morgan fingerprint density at radius 1 is 1.50 bits per heavy atom. The molecule has 1 saturated carbocycles. The summed E-state index contributed by atoms with van der Waals surface area (Å²) in [6.45, 7) is 3.33. The Bertz CT molecular complexity index is 883. The zero-order valence-corrected chi connectivity index (χ0v) is 14.8. The van der Waals surface area contributed by atoms with E-state index in [4.69, 9.17) is 4.74 Å². The number of hydrogen-bond donors (Lipinski definition) is 1. The van der Waals surface area contributed by atoms with Crippen molar-refractivity contribution in [2.24, 2.45) is 4.99 Å². The van der Waals surface area contributed by atoms with Gasteiger partial charge in [0.25, 0.3) is 0 Å². The number of nitrogens with zero attached hydrogens (tertiary/aromatic N) is 4. The lowest BCUT2D eigenvalue weighted by atomic mass is 9.82. The number of fused-ring (bicyclic) bond motifs is 1. The minimum atomic E-state index is -0.836. The van der Waals surface area contributed by atoms with Crippen molar-refractivity contribution >= 4 is 18.1 Å². The summed E-state index contributed by atoms with van der Waals surface area (Å²) in [5.41, 5.74) is 1.50. The van der Waals surface area contributed by atoms with E-state index in [1.807, 2.05) is 0 Å². The first-order valence-electron chi connectivity index (χ1n) is 8.39. The van der Waals surface area contributed by atoms with E-state index in [1.54, 1.807) is 20.2 Å². The minimum absolute atomic E-state index is 0.0771. The Morgan fingerprint density at radius 2 is 2.27 bits per heavy atom. The van der Waals surface area contributed by atoms with Crippen LogP contribution in [-0.4, -0.2) is 42.0 Å². The molecule has 0 bridgehead atoms. The van der Waals surface area contributed by atoms with Crippen LogP contribution in [0.1, 0.15) is 36.6 Å². The van der Waals surface area contributed by atoms with E-state index in [9.17, 15) is 8.78 Å². The molecule has 26 heavy (non-hydrogen) atoms. The molecule has 2 aromatic rings. The fourth-order valence-corrected chi connectivity index (χ4v) is 2.91. The van der Waals surface area contributed by atoms with Crippen LogP contribution in [-0.2, 0) is 0 Å². The lowest BCUT2D eigenvalue weighted by Gasteiger charge is -2.26. The van der Waals surface area contributed by atoms with Crippen LogP contribution in [0.25, 0.3) is 11.3 Å². The monoisotopic (exact) mass is 361 g/mol. The van der Waals surface area contributed by atoms with E-state index in [0.717, 1.165) is 31.0 Å². The predicted octanol–water partition coefficient (Wildman–Crippen LogP) is 3.42. The number of imidazole rings is 1. The van der Waals surface area contributed by atoms with Gasteiger partial charge in [-0.05, 0) is 26.6 Å². The largest absolute Gasteiger partial charge is 0.495 e. The molecule has 1 fully saturated rings. The molecule has 2 heterocycles. The average Bonchev–Trinajstić information content (AvgIpc) is 2.96. The highest BCUT2D eigenvalue weighted by Crippen LogP contribution is 2.40. The highest BCUT2D eigenvalue weighted by atomic mass is 19.1. The molecule has 0 amide bonds. The summed E-state index contributed by atoms with van der Waals surface area (Å²) >= 11 is 0.